The molecule has 28 heavy (non-hydrogen) atoms. The lowest BCUT2D eigenvalue weighted by molar-refractivity contribution is -0.0717. The normalized spacial score (nSPS) is 45.4. The lowest BCUT2D eigenvalue weighted by atomic mass is 9.48. The highest BCUT2D eigenvalue weighted by atomic mass is 14.6. The van der Waals surface area contributed by atoms with E-state index in [1.54, 1.807) is 12.8 Å². The molecule has 0 saturated heterocycles. The minimum absolute atomic E-state index is 0.0369. The van der Waals surface area contributed by atoms with Gasteiger partial charge in [-0.25, -0.2) is 0 Å². The molecule has 8 atom stereocenters. The van der Waals surface area contributed by atoms with Crippen LogP contribution < -0.4 is 0 Å². The molecule has 1 nitrogen and oxygen atoms in total. The third kappa shape index (κ3) is 3.91. The molecule has 0 aromatic rings. The van der Waals surface area contributed by atoms with Crippen LogP contribution >= 0.6 is 0 Å². The van der Waals surface area contributed by atoms with E-state index in [1.807, 2.05) is 0 Å². The topological polar surface area (TPSA) is 23.8 Å². The first-order valence-corrected chi connectivity index (χ1v) is 13.1. The molecule has 0 bridgehead atoms. The van der Waals surface area contributed by atoms with Gasteiger partial charge in [-0.2, -0.15) is 5.26 Å². The van der Waals surface area contributed by atoms with Crippen molar-refractivity contribution >= 4 is 0 Å². The maximum absolute atomic E-state index is 9.92. The van der Waals surface area contributed by atoms with Crippen LogP contribution in [-0.2, 0) is 0 Å². The van der Waals surface area contributed by atoms with E-state index in [0.717, 1.165) is 47.8 Å². The fourth-order valence-electron chi connectivity index (χ4n) is 8.85. The molecule has 4 aliphatic carbocycles. The van der Waals surface area contributed by atoms with Crippen LogP contribution in [0.1, 0.15) is 117 Å². The summed E-state index contributed by atoms with van der Waals surface area (Å²) in [5.41, 5.74) is 0.0369. The third-order valence-electron chi connectivity index (χ3n) is 9.98. The van der Waals surface area contributed by atoms with E-state index in [2.05, 4.69) is 19.9 Å². The van der Waals surface area contributed by atoms with Gasteiger partial charge in [-0.15, -0.1) is 0 Å². The van der Waals surface area contributed by atoms with Crippen LogP contribution in [0.2, 0.25) is 0 Å². The summed E-state index contributed by atoms with van der Waals surface area (Å²) in [7, 11) is 0. The summed E-state index contributed by atoms with van der Waals surface area (Å²) >= 11 is 0. The van der Waals surface area contributed by atoms with Crippen molar-refractivity contribution in [2.45, 2.75) is 117 Å². The number of hydrogen-bond donors (Lipinski definition) is 0. The van der Waals surface area contributed by atoms with Crippen molar-refractivity contribution in [1.82, 2.24) is 0 Å². The van der Waals surface area contributed by atoms with E-state index in [1.165, 1.54) is 83.5 Å². The fraction of sp³-hybridized carbons (Fsp3) is 0.963. The van der Waals surface area contributed by atoms with Crippen LogP contribution in [0.5, 0.6) is 0 Å². The first-order chi connectivity index (χ1) is 13.7. The summed E-state index contributed by atoms with van der Waals surface area (Å²) in [4.78, 5) is 0. The van der Waals surface area contributed by atoms with Gasteiger partial charge in [-0.3, -0.25) is 0 Å². The minimum Gasteiger partial charge on any atom is -0.198 e. The number of nitrogens with zero attached hydrogens (tertiary/aromatic N) is 1. The van der Waals surface area contributed by atoms with E-state index >= 15 is 0 Å². The number of hydrogen-bond acceptors (Lipinski definition) is 1. The first-order valence-electron chi connectivity index (χ1n) is 13.1. The molecule has 0 amide bonds. The Morgan fingerprint density at radius 2 is 1.54 bits per heavy atom. The standard InChI is InChI=1S/C27H45N/c1-3-5-6-8-20-9-7-10-24-22(20)13-14-25-23-15-17-27(19-28,16-4-2)18-21(23)11-12-26(24)25/h20-26H,3-18H2,1-2H3/t20-,21?,22?,23?,24?,25?,26?,27-/m1/s1. The SMILES string of the molecule is CCCCC[C@@H]1CCCC2C3CCC4C[C@@](C#N)(CCC)CCC4C3CCC21. The van der Waals surface area contributed by atoms with E-state index in [0.29, 0.717) is 0 Å². The van der Waals surface area contributed by atoms with Gasteiger partial charge >= 0.3 is 0 Å². The predicted octanol–water partition coefficient (Wildman–Crippen LogP) is 8.15. The molecule has 4 aliphatic rings. The van der Waals surface area contributed by atoms with Crippen molar-refractivity contribution in [2.24, 2.45) is 46.8 Å². The molecule has 0 aliphatic heterocycles. The highest BCUT2D eigenvalue weighted by Crippen LogP contribution is 2.60. The van der Waals surface area contributed by atoms with Crippen LogP contribution in [-0.4, -0.2) is 0 Å². The Bertz CT molecular complexity index is 547. The average molecular weight is 384 g/mol. The van der Waals surface area contributed by atoms with Crippen molar-refractivity contribution in [2.75, 3.05) is 0 Å². The summed E-state index contributed by atoms with van der Waals surface area (Å²) in [6, 6.07) is 2.80. The van der Waals surface area contributed by atoms with E-state index in [9.17, 15) is 5.26 Å². The quantitative estimate of drug-likeness (QED) is 0.424. The number of unbranched alkanes of at least 4 members (excludes halogenated alkanes) is 2. The maximum Gasteiger partial charge on any atom is 0.0689 e. The average Bonchev–Trinajstić information content (AvgIpc) is 2.73. The molecule has 0 aromatic carbocycles. The van der Waals surface area contributed by atoms with Gasteiger partial charge in [0.15, 0.2) is 0 Å². The lowest BCUT2D eigenvalue weighted by Gasteiger charge is -2.57. The van der Waals surface area contributed by atoms with E-state index < -0.39 is 0 Å². The second kappa shape index (κ2) is 9.10. The molecule has 0 spiro atoms. The highest BCUT2D eigenvalue weighted by Gasteiger charge is 2.52. The summed E-state index contributed by atoms with van der Waals surface area (Å²) < 4.78 is 0. The van der Waals surface area contributed by atoms with Gasteiger partial charge in [0.2, 0.25) is 0 Å². The van der Waals surface area contributed by atoms with E-state index in [-0.39, 0.29) is 5.41 Å². The Morgan fingerprint density at radius 3 is 2.32 bits per heavy atom. The third-order valence-corrected chi connectivity index (χ3v) is 9.98. The van der Waals surface area contributed by atoms with Crippen LogP contribution in [0.15, 0.2) is 0 Å². The maximum atomic E-state index is 9.92. The molecular weight excluding hydrogens is 338 g/mol. The van der Waals surface area contributed by atoms with Crippen molar-refractivity contribution in [1.29, 1.82) is 5.26 Å². The second-order valence-electron chi connectivity index (χ2n) is 11.3. The van der Waals surface area contributed by atoms with Gasteiger partial charge in [0.05, 0.1) is 11.5 Å². The summed E-state index contributed by atoms with van der Waals surface area (Å²) in [6.45, 7) is 4.61. The fourth-order valence-corrected chi connectivity index (χ4v) is 8.85. The molecule has 0 aromatic heterocycles. The monoisotopic (exact) mass is 383 g/mol. The summed E-state index contributed by atoms with van der Waals surface area (Å²) in [5.74, 6) is 7.12. The van der Waals surface area contributed by atoms with Gasteiger partial charge in [0, 0.05) is 0 Å². The molecule has 4 rings (SSSR count). The number of nitriles is 1. The van der Waals surface area contributed by atoms with Crippen LogP contribution in [0.3, 0.4) is 0 Å². The Morgan fingerprint density at radius 1 is 0.786 bits per heavy atom. The zero-order chi connectivity index (χ0) is 19.6. The molecule has 6 unspecified atom stereocenters. The van der Waals surface area contributed by atoms with Gasteiger partial charge in [0.1, 0.15) is 0 Å². The number of rotatable bonds is 6. The Kier molecular flexibility index (Phi) is 6.74. The lowest BCUT2D eigenvalue weighted by Crippen LogP contribution is -2.49. The van der Waals surface area contributed by atoms with Crippen LogP contribution in [0, 0.1) is 58.2 Å². The van der Waals surface area contributed by atoms with Crippen molar-refractivity contribution in [3.05, 3.63) is 0 Å². The van der Waals surface area contributed by atoms with Crippen molar-refractivity contribution < 1.29 is 0 Å². The van der Waals surface area contributed by atoms with Gasteiger partial charge in [-0.1, -0.05) is 58.8 Å². The van der Waals surface area contributed by atoms with Crippen molar-refractivity contribution in [3.8, 4) is 6.07 Å². The molecule has 4 saturated carbocycles. The number of fused-ring (bicyclic) bond motifs is 5. The zero-order valence-corrected chi connectivity index (χ0v) is 18.8. The molecule has 0 radical (unpaired) electrons. The Balaban J connectivity index is 1.42. The minimum atomic E-state index is 0.0369. The zero-order valence-electron chi connectivity index (χ0n) is 18.8. The van der Waals surface area contributed by atoms with Gasteiger partial charge < -0.3 is 0 Å². The Hall–Kier alpha value is -0.510. The first kappa shape index (κ1) is 20.8. The summed E-state index contributed by atoms with van der Waals surface area (Å²) in [6.07, 6.45) is 22.6. The van der Waals surface area contributed by atoms with Crippen LogP contribution in [0.25, 0.3) is 0 Å². The highest BCUT2D eigenvalue weighted by molar-refractivity contribution is 5.07. The molecule has 158 valence electrons. The van der Waals surface area contributed by atoms with Crippen LogP contribution in [0.4, 0.5) is 0 Å². The smallest absolute Gasteiger partial charge is 0.0689 e. The largest absolute Gasteiger partial charge is 0.198 e. The Labute approximate surface area is 175 Å². The van der Waals surface area contributed by atoms with Gasteiger partial charge in [0.25, 0.3) is 0 Å². The van der Waals surface area contributed by atoms with Gasteiger partial charge in [-0.05, 0) is 99.2 Å². The molecule has 1 heteroatoms. The van der Waals surface area contributed by atoms with E-state index in [4.69, 9.17) is 0 Å². The molecule has 0 heterocycles. The molecular formula is C27H45N. The molecule has 0 N–H and O–H groups in total. The second-order valence-corrected chi connectivity index (χ2v) is 11.3. The summed E-state index contributed by atoms with van der Waals surface area (Å²) in [5, 5.41) is 9.92. The molecule has 4 fully saturated rings. The van der Waals surface area contributed by atoms with Crippen molar-refractivity contribution in [3.63, 3.8) is 0 Å². The predicted molar refractivity (Wildman–Crippen MR) is 118 cm³/mol.